The van der Waals surface area contributed by atoms with E-state index >= 15 is 0 Å². The molecule has 172 valence electrons. The van der Waals surface area contributed by atoms with Crippen LogP contribution in [0.5, 0.6) is 0 Å². The molecule has 7 atom stereocenters. The Balaban J connectivity index is 1.32. The number of carbonyl (C=O) groups excluding carboxylic acids is 2. The second-order valence-corrected chi connectivity index (χ2v) is 12.4. The molecule has 7 heteroatoms. The minimum atomic E-state index is -0.259. The van der Waals surface area contributed by atoms with E-state index < -0.39 is 0 Å². The maximum Gasteiger partial charge on any atom is 0.305 e. The van der Waals surface area contributed by atoms with Gasteiger partial charge in [0.15, 0.2) is 0 Å². The van der Waals surface area contributed by atoms with Gasteiger partial charge in [-0.05, 0) is 55.7 Å². The number of aromatic nitrogens is 1. The predicted octanol–water partition coefficient (Wildman–Crippen LogP) is 4.73. The minimum Gasteiger partial charge on any atom is -0.307 e. The number of hydrogen-bond acceptors (Lipinski definition) is 5. The van der Waals surface area contributed by atoms with Crippen LogP contribution >= 0.6 is 23.1 Å². The normalized spacial score (nSPS) is 33.2. The average molecular weight is 489 g/mol. The van der Waals surface area contributed by atoms with Crippen molar-refractivity contribution in [2.75, 3.05) is 4.90 Å². The van der Waals surface area contributed by atoms with Gasteiger partial charge in [-0.1, -0.05) is 58.9 Å². The SMILES string of the molecule is Cc1ccc([C@H]2c3sc(=O)[nH]c3S[C@H]3[C@@H]4C[C@H]([C@H]5C(=O)N(c6ccc(C)cc6)C(=O)[C@H]45)[C@H]23)cc1. The first-order valence-electron chi connectivity index (χ1n) is 11.8. The lowest BCUT2D eigenvalue weighted by atomic mass is 9.68. The number of anilines is 1. The molecule has 2 amide bonds. The number of H-pyrrole nitrogens is 1. The maximum atomic E-state index is 13.7. The number of nitrogens with one attached hydrogen (secondary N) is 1. The molecule has 0 unspecified atom stereocenters. The number of thioether (sulfide) groups is 1. The van der Waals surface area contributed by atoms with Crippen molar-refractivity contribution in [3.63, 3.8) is 0 Å². The topological polar surface area (TPSA) is 70.2 Å². The number of carbonyl (C=O) groups is 2. The lowest BCUT2D eigenvalue weighted by molar-refractivity contribution is -0.123. The summed E-state index contributed by atoms with van der Waals surface area (Å²) in [6.07, 6.45) is 0.915. The van der Waals surface area contributed by atoms with Crippen molar-refractivity contribution in [1.82, 2.24) is 4.98 Å². The summed E-state index contributed by atoms with van der Waals surface area (Å²) < 4.78 is 0. The molecule has 7 rings (SSSR count). The van der Waals surface area contributed by atoms with Crippen LogP contribution < -0.4 is 9.77 Å². The number of thiazole rings is 1. The molecule has 3 fully saturated rings. The van der Waals surface area contributed by atoms with Gasteiger partial charge in [-0.2, -0.15) is 0 Å². The molecule has 0 radical (unpaired) electrons. The number of fused-ring (bicyclic) bond motifs is 9. The Morgan fingerprint density at radius 1 is 0.853 bits per heavy atom. The Morgan fingerprint density at radius 2 is 1.47 bits per heavy atom. The van der Waals surface area contributed by atoms with E-state index in [1.165, 1.54) is 27.4 Å². The Kier molecular flexibility index (Phi) is 4.38. The fourth-order valence-electron chi connectivity index (χ4n) is 7.11. The first kappa shape index (κ1) is 20.7. The number of amides is 2. The molecule has 0 spiro atoms. The Morgan fingerprint density at radius 3 is 2.15 bits per heavy atom. The first-order chi connectivity index (χ1) is 16.4. The van der Waals surface area contributed by atoms with E-state index in [0.29, 0.717) is 5.69 Å². The van der Waals surface area contributed by atoms with Gasteiger partial charge in [0.25, 0.3) is 0 Å². The zero-order chi connectivity index (χ0) is 23.3. The summed E-state index contributed by atoms with van der Waals surface area (Å²) in [5.41, 5.74) is 4.19. The highest BCUT2D eigenvalue weighted by atomic mass is 32.2. The lowest BCUT2D eigenvalue weighted by Gasteiger charge is -2.43. The van der Waals surface area contributed by atoms with Crippen molar-refractivity contribution in [3.05, 3.63) is 79.8 Å². The molecule has 4 aliphatic rings. The van der Waals surface area contributed by atoms with E-state index in [1.807, 2.05) is 31.2 Å². The smallest absolute Gasteiger partial charge is 0.305 e. The molecule has 2 bridgehead atoms. The van der Waals surface area contributed by atoms with Gasteiger partial charge in [0.05, 0.1) is 22.5 Å². The third kappa shape index (κ3) is 2.71. The number of hydrogen-bond donors (Lipinski definition) is 1. The molecule has 1 saturated heterocycles. The zero-order valence-electron chi connectivity index (χ0n) is 18.9. The number of aromatic amines is 1. The number of benzene rings is 2. The minimum absolute atomic E-state index is 0.0279. The number of nitrogens with zero attached hydrogens (tertiary/aromatic N) is 1. The highest BCUT2D eigenvalue weighted by Gasteiger charge is 2.69. The van der Waals surface area contributed by atoms with Gasteiger partial charge < -0.3 is 4.98 Å². The third-order valence-corrected chi connectivity index (χ3v) is 11.0. The molecule has 2 aromatic carbocycles. The fourth-order valence-corrected chi connectivity index (χ4v) is 10.0. The second-order valence-electron chi connectivity index (χ2n) is 10.2. The summed E-state index contributed by atoms with van der Waals surface area (Å²) in [4.78, 5) is 45.3. The molecule has 2 aliphatic heterocycles. The van der Waals surface area contributed by atoms with Crippen LogP contribution in [0.2, 0.25) is 0 Å². The van der Waals surface area contributed by atoms with Gasteiger partial charge >= 0.3 is 4.87 Å². The molecule has 3 aromatic rings. The van der Waals surface area contributed by atoms with E-state index in [2.05, 4.69) is 36.2 Å². The summed E-state index contributed by atoms with van der Waals surface area (Å²) in [5.74, 6) is 0.0412. The molecule has 1 N–H and O–H groups in total. The Bertz CT molecular complexity index is 1390. The number of aryl methyl sites for hydroxylation is 2. The quantitative estimate of drug-likeness (QED) is 0.530. The van der Waals surface area contributed by atoms with E-state index in [1.54, 1.807) is 11.8 Å². The van der Waals surface area contributed by atoms with Crippen LogP contribution in [0, 0.1) is 43.4 Å². The van der Waals surface area contributed by atoms with Crippen molar-refractivity contribution in [2.24, 2.45) is 29.6 Å². The highest BCUT2D eigenvalue weighted by molar-refractivity contribution is 8.00. The van der Waals surface area contributed by atoms with Gasteiger partial charge in [0.1, 0.15) is 0 Å². The first-order valence-corrected chi connectivity index (χ1v) is 13.5. The molecule has 2 saturated carbocycles. The second kappa shape index (κ2) is 7.18. The number of imide groups is 1. The van der Waals surface area contributed by atoms with Crippen LogP contribution in [0.4, 0.5) is 5.69 Å². The van der Waals surface area contributed by atoms with Gasteiger partial charge in [0.2, 0.25) is 11.8 Å². The summed E-state index contributed by atoms with van der Waals surface area (Å²) in [6, 6.07) is 16.3. The molecule has 5 nitrogen and oxygen atoms in total. The van der Waals surface area contributed by atoms with Crippen LogP contribution in [-0.2, 0) is 9.59 Å². The van der Waals surface area contributed by atoms with Crippen molar-refractivity contribution in [3.8, 4) is 0 Å². The van der Waals surface area contributed by atoms with Gasteiger partial charge in [-0.25, -0.2) is 0 Å². The van der Waals surface area contributed by atoms with Crippen LogP contribution in [0.15, 0.2) is 58.4 Å². The van der Waals surface area contributed by atoms with Gasteiger partial charge in [-0.15, -0.1) is 11.8 Å². The highest BCUT2D eigenvalue weighted by Crippen LogP contribution is 2.68. The number of rotatable bonds is 2. The Labute approximate surface area is 205 Å². The van der Waals surface area contributed by atoms with Gasteiger partial charge in [-0.3, -0.25) is 19.3 Å². The fraction of sp³-hybridized carbons (Fsp3) is 0.370. The molecular weight excluding hydrogens is 464 g/mol. The molecule has 3 heterocycles. The standard InChI is InChI=1S/C27H24N2O3S2/c1-12-3-7-14(8-4-12)18-19-16-11-17(22(19)33-24-23(18)34-27(32)28-24)21-20(16)25(30)29(26(21)31)15-9-5-13(2)6-10-15/h3-10,16-22H,11H2,1-2H3,(H,28,32)/t16-,17+,18+,19+,20+,21+,22-/m0/s1. The molecule has 1 aromatic heterocycles. The van der Waals surface area contributed by atoms with E-state index in [9.17, 15) is 14.4 Å². The van der Waals surface area contributed by atoms with Gasteiger partial charge in [0, 0.05) is 16.0 Å². The molecule has 2 aliphatic carbocycles. The van der Waals surface area contributed by atoms with Crippen LogP contribution in [-0.4, -0.2) is 22.0 Å². The monoisotopic (exact) mass is 488 g/mol. The Hall–Kier alpha value is -2.64. The molecule has 34 heavy (non-hydrogen) atoms. The predicted molar refractivity (Wildman–Crippen MR) is 133 cm³/mol. The third-order valence-electron chi connectivity index (χ3n) is 8.45. The van der Waals surface area contributed by atoms with Crippen LogP contribution in [0.1, 0.15) is 33.9 Å². The van der Waals surface area contributed by atoms with E-state index in [0.717, 1.165) is 21.9 Å². The average Bonchev–Trinajstić information content (AvgIpc) is 3.54. The van der Waals surface area contributed by atoms with Crippen LogP contribution in [0.3, 0.4) is 0 Å². The zero-order valence-corrected chi connectivity index (χ0v) is 20.5. The van der Waals surface area contributed by atoms with Crippen molar-refractivity contribution in [1.29, 1.82) is 0 Å². The largest absolute Gasteiger partial charge is 0.307 e. The van der Waals surface area contributed by atoms with E-state index in [-0.39, 0.29) is 57.4 Å². The maximum absolute atomic E-state index is 13.7. The van der Waals surface area contributed by atoms with Crippen molar-refractivity contribution >= 4 is 40.6 Å². The summed E-state index contributed by atoms with van der Waals surface area (Å²) >= 11 is 3.04. The van der Waals surface area contributed by atoms with Crippen molar-refractivity contribution in [2.45, 2.75) is 36.5 Å². The summed E-state index contributed by atoms with van der Waals surface area (Å²) in [6.45, 7) is 4.08. The van der Waals surface area contributed by atoms with Crippen molar-refractivity contribution < 1.29 is 9.59 Å². The van der Waals surface area contributed by atoms with Crippen LogP contribution in [0.25, 0.3) is 0 Å². The van der Waals surface area contributed by atoms with E-state index in [4.69, 9.17) is 0 Å². The molecular formula is C27H24N2O3S2. The lowest BCUT2D eigenvalue weighted by Crippen LogP contribution is -2.42. The summed E-state index contributed by atoms with van der Waals surface area (Å²) in [5, 5.41) is 1.18. The summed E-state index contributed by atoms with van der Waals surface area (Å²) in [7, 11) is 0.